The summed E-state index contributed by atoms with van der Waals surface area (Å²) >= 11 is 6.21. The Labute approximate surface area is 140 Å². The number of fused-ring (bicyclic) bond motifs is 1. The predicted molar refractivity (Wildman–Crippen MR) is 89.8 cm³/mol. The first-order chi connectivity index (χ1) is 10.1. The Bertz CT molecular complexity index is 686. The summed E-state index contributed by atoms with van der Waals surface area (Å²) in [5.41, 5.74) is 2.82. The van der Waals surface area contributed by atoms with E-state index in [0.717, 1.165) is 28.3 Å². The average molecular weight is 341 g/mol. The molecular formula is C15H18Cl2N4O. The normalized spacial score (nSPS) is 14.4. The fourth-order valence-corrected chi connectivity index (χ4v) is 3.06. The van der Waals surface area contributed by atoms with Crippen molar-refractivity contribution in [1.29, 1.82) is 0 Å². The third kappa shape index (κ3) is 2.84. The van der Waals surface area contributed by atoms with E-state index >= 15 is 0 Å². The molecule has 3 rings (SSSR count). The number of amides is 1. The number of hydrogen-bond donors (Lipinski definition) is 1. The number of nitrogens with one attached hydrogen (secondary N) is 1. The van der Waals surface area contributed by atoms with Crippen LogP contribution in [-0.4, -0.2) is 29.3 Å². The minimum Gasteiger partial charge on any atom is -0.310 e. The van der Waals surface area contributed by atoms with Crippen molar-refractivity contribution >= 4 is 35.6 Å². The van der Waals surface area contributed by atoms with E-state index in [4.69, 9.17) is 11.6 Å². The molecule has 1 amide bonds. The molecule has 1 aliphatic heterocycles. The van der Waals surface area contributed by atoms with E-state index < -0.39 is 6.04 Å². The Kier molecular flexibility index (Phi) is 5.11. The third-order valence-corrected chi connectivity index (χ3v) is 4.18. The van der Waals surface area contributed by atoms with Crippen LogP contribution in [0.5, 0.6) is 0 Å². The zero-order valence-electron chi connectivity index (χ0n) is 12.4. The van der Waals surface area contributed by atoms with E-state index in [0.29, 0.717) is 6.54 Å². The largest absolute Gasteiger partial charge is 0.310 e. The number of carbonyl (C=O) groups excluding carboxylic acids is 1. The van der Waals surface area contributed by atoms with Gasteiger partial charge < -0.3 is 10.2 Å². The molecule has 0 aliphatic carbocycles. The van der Waals surface area contributed by atoms with Gasteiger partial charge in [0.25, 0.3) is 0 Å². The zero-order chi connectivity index (χ0) is 15.0. The molecule has 0 spiro atoms. The van der Waals surface area contributed by atoms with Gasteiger partial charge in [0.05, 0.1) is 6.20 Å². The van der Waals surface area contributed by atoms with Crippen LogP contribution in [0.4, 0.5) is 5.69 Å². The topological polar surface area (TPSA) is 50.2 Å². The lowest BCUT2D eigenvalue weighted by molar-refractivity contribution is -0.120. The summed E-state index contributed by atoms with van der Waals surface area (Å²) in [6.45, 7) is 0.663. The second kappa shape index (κ2) is 6.69. The number of likely N-dealkylation sites (N-methyl/N-ethyl adjacent to an activating group) is 1. The molecule has 22 heavy (non-hydrogen) atoms. The summed E-state index contributed by atoms with van der Waals surface area (Å²) in [4.78, 5) is 14.6. The summed E-state index contributed by atoms with van der Waals surface area (Å²) in [6, 6.07) is 5.29. The third-order valence-electron chi connectivity index (χ3n) is 3.83. The highest BCUT2D eigenvalue weighted by atomic mass is 35.5. The number of rotatable bonds is 3. The van der Waals surface area contributed by atoms with Crippen LogP contribution in [0.3, 0.4) is 0 Å². The first kappa shape index (κ1) is 16.8. The Balaban J connectivity index is 0.00000176. The van der Waals surface area contributed by atoms with Crippen LogP contribution in [0.1, 0.15) is 17.2 Å². The van der Waals surface area contributed by atoms with Gasteiger partial charge in [0.15, 0.2) is 0 Å². The van der Waals surface area contributed by atoms with Crippen LogP contribution in [0, 0.1) is 0 Å². The van der Waals surface area contributed by atoms with Gasteiger partial charge in [-0.2, -0.15) is 5.10 Å². The van der Waals surface area contributed by atoms with Gasteiger partial charge in [0, 0.05) is 36.1 Å². The molecule has 1 aromatic heterocycles. The summed E-state index contributed by atoms with van der Waals surface area (Å²) in [5.74, 6) is 0.0199. The molecule has 7 heteroatoms. The van der Waals surface area contributed by atoms with Gasteiger partial charge in [-0.1, -0.05) is 17.7 Å². The summed E-state index contributed by atoms with van der Waals surface area (Å²) in [6.07, 6.45) is 4.37. The van der Waals surface area contributed by atoms with Crippen molar-refractivity contribution in [2.24, 2.45) is 7.05 Å². The van der Waals surface area contributed by atoms with Gasteiger partial charge in [0.2, 0.25) is 5.91 Å². The Hall–Kier alpha value is -1.56. The quantitative estimate of drug-likeness (QED) is 0.932. The van der Waals surface area contributed by atoms with E-state index in [9.17, 15) is 4.79 Å². The number of nitrogens with zero attached hydrogens (tertiary/aromatic N) is 3. The van der Waals surface area contributed by atoms with Crippen molar-refractivity contribution in [3.8, 4) is 0 Å². The highest BCUT2D eigenvalue weighted by molar-refractivity contribution is 6.32. The molecule has 1 aromatic carbocycles. The van der Waals surface area contributed by atoms with Gasteiger partial charge in [-0.05, 0) is 31.2 Å². The lowest BCUT2D eigenvalue weighted by Gasteiger charge is -2.23. The van der Waals surface area contributed by atoms with E-state index in [1.807, 2.05) is 31.4 Å². The van der Waals surface area contributed by atoms with Crippen LogP contribution in [0.15, 0.2) is 30.6 Å². The number of benzene rings is 1. The van der Waals surface area contributed by atoms with E-state index in [2.05, 4.69) is 10.4 Å². The standard InChI is InChI=1S/C15H17ClN4O.ClH/c1-17-14(10-8-18-19(2)9-10)15(21)20-7-6-11-12(16)4-3-5-13(11)20;/h3-5,8-9,14,17H,6-7H2,1-2H3;1H. The molecule has 2 aromatic rings. The number of aryl methyl sites for hydroxylation is 1. The van der Waals surface area contributed by atoms with Crippen LogP contribution in [0.25, 0.3) is 0 Å². The lowest BCUT2D eigenvalue weighted by Crippen LogP contribution is -2.38. The van der Waals surface area contributed by atoms with Crippen molar-refractivity contribution in [3.63, 3.8) is 0 Å². The Morgan fingerprint density at radius 2 is 2.23 bits per heavy atom. The molecule has 1 aliphatic rings. The monoisotopic (exact) mass is 340 g/mol. The zero-order valence-corrected chi connectivity index (χ0v) is 14.0. The van der Waals surface area contributed by atoms with Crippen LogP contribution in [0.2, 0.25) is 5.02 Å². The maximum absolute atomic E-state index is 12.8. The maximum Gasteiger partial charge on any atom is 0.248 e. The molecule has 2 heterocycles. The molecule has 1 N–H and O–H groups in total. The highest BCUT2D eigenvalue weighted by Crippen LogP contribution is 2.34. The van der Waals surface area contributed by atoms with E-state index in [1.165, 1.54) is 0 Å². The maximum atomic E-state index is 12.8. The van der Waals surface area contributed by atoms with Gasteiger partial charge in [-0.25, -0.2) is 0 Å². The highest BCUT2D eigenvalue weighted by Gasteiger charge is 2.31. The first-order valence-electron chi connectivity index (χ1n) is 6.86. The molecule has 1 unspecified atom stereocenters. The number of hydrogen-bond acceptors (Lipinski definition) is 3. The average Bonchev–Trinajstić information content (AvgIpc) is 3.07. The SMILES string of the molecule is CNC(C(=O)N1CCc2c(Cl)cccc21)c1cnn(C)c1.Cl. The second-order valence-corrected chi connectivity index (χ2v) is 5.55. The fraction of sp³-hybridized carbons (Fsp3) is 0.333. The number of anilines is 1. The number of aromatic nitrogens is 2. The molecule has 0 radical (unpaired) electrons. The van der Waals surface area contributed by atoms with Crippen molar-refractivity contribution < 1.29 is 4.79 Å². The molecular weight excluding hydrogens is 323 g/mol. The lowest BCUT2D eigenvalue weighted by atomic mass is 10.1. The van der Waals surface area contributed by atoms with Gasteiger partial charge in [-0.3, -0.25) is 9.48 Å². The van der Waals surface area contributed by atoms with Gasteiger partial charge >= 0.3 is 0 Å². The minimum atomic E-state index is -0.399. The Morgan fingerprint density at radius 3 is 2.86 bits per heavy atom. The number of carbonyl (C=O) groups is 1. The van der Waals surface area contributed by atoms with Crippen LogP contribution < -0.4 is 10.2 Å². The fourth-order valence-electron chi connectivity index (χ4n) is 2.80. The smallest absolute Gasteiger partial charge is 0.248 e. The second-order valence-electron chi connectivity index (χ2n) is 5.15. The van der Waals surface area contributed by atoms with Crippen molar-refractivity contribution in [3.05, 3.63) is 46.7 Å². The van der Waals surface area contributed by atoms with Crippen molar-refractivity contribution in [1.82, 2.24) is 15.1 Å². The first-order valence-corrected chi connectivity index (χ1v) is 7.24. The van der Waals surface area contributed by atoms with Crippen molar-refractivity contribution in [2.75, 3.05) is 18.5 Å². The summed E-state index contributed by atoms with van der Waals surface area (Å²) in [7, 11) is 3.62. The van der Waals surface area contributed by atoms with Crippen LogP contribution >= 0.6 is 24.0 Å². The molecule has 0 bridgehead atoms. The van der Waals surface area contributed by atoms with Gasteiger partial charge in [-0.15, -0.1) is 12.4 Å². The van der Waals surface area contributed by atoms with E-state index in [-0.39, 0.29) is 18.3 Å². The molecule has 0 saturated heterocycles. The molecule has 0 fully saturated rings. The molecule has 5 nitrogen and oxygen atoms in total. The molecule has 0 saturated carbocycles. The summed E-state index contributed by atoms with van der Waals surface area (Å²) < 4.78 is 1.70. The molecule has 118 valence electrons. The Morgan fingerprint density at radius 1 is 1.45 bits per heavy atom. The summed E-state index contributed by atoms with van der Waals surface area (Å²) in [5, 5.41) is 7.94. The van der Waals surface area contributed by atoms with E-state index in [1.54, 1.807) is 22.8 Å². The molecule has 1 atom stereocenters. The minimum absolute atomic E-state index is 0. The van der Waals surface area contributed by atoms with Crippen LogP contribution in [-0.2, 0) is 18.3 Å². The van der Waals surface area contributed by atoms with Gasteiger partial charge in [0.1, 0.15) is 6.04 Å². The van der Waals surface area contributed by atoms with Crippen molar-refractivity contribution in [2.45, 2.75) is 12.5 Å². The number of halogens is 2. The predicted octanol–water partition coefficient (Wildman–Crippen LogP) is 2.35.